The summed E-state index contributed by atoms with van der Waals surface area (Å²) >= 11 is 0. The number of piperidine rings is 1. The number of hydrogen-bond acceptors (Lipinski definition) is 3. The van der Waals surface area contributed by atoms with Crippen LogP contribution in [0.5, 0.6) is 0 Å². The molecule has 0 aromatic heterocycles. The number of rotatable bonds is 1. The summed E-state index contributed by atoms with van der Waals surface area (Å²) in [6, 6.07) is 0.361. The lowest BCUT2D eigenvalue weighted by Gasteiger charge is -2.37. The van der Waals surface area contributed by atoms with Crippen LogP contribution in [0.4, 0.5) is 0 Å². The van der Waals surface area contributed by atoms with E-state index in [1.165, 1.54) is 19.3 Å². The van der Waals surface area contributed by atoms with E-state index in [0.29, 0.717) is 17.6 Å². The molecule has 1 aliphatic carbocycles. The summed E-state index contributed by atoms with van der Waals surface area (Å²) in [5, 5.41) is 3.39. The third-order valence-electron chi connectivity index (χ3n) is 3.87. The Kier molecular flexibility index (Phi) is 2.58. The highest BCUT2D eigenvalue weighted by molar-refractivity contribution is 5.01. The van der Waals surface area contributed by atoms with Crippen molar-refractivity contribution in [1.82, 2.24) is 5.32 Å². The highest BCUT2D eigenvalue weighted by Crippen LogP contribution is 2.44. The monoisotopic (exact) mass is 184 g/mol. The van der Waals surface area contributed by atoms with E-state index in [1.54, 1.807) is 7.11 Å². The summed E-state index contributed by atoms with van der Waals surface area (Å²) in [4.78, 5) is 0. The zero-order valence-electron chi connectivity index (χ0n) is 8.38. The third-order valence-corrected chi connectivity index (χ3v) is 3.87. The van der Waals surface area contributed by atoms with Crippen LogP contribution in [0.15, 0.2) is 0 Å². The molecule has 13 heavy (non-hydrogen) atoms. The Labute approximate surface area is 80.0 Å². The van der Waals surface area contributed by atoms with E-state index in [1.807, 2.05) is 0 Å². The molecule has 0 aromatic carbocycles. The minimum atomic E-state index is 0.361. The van der Waals surface area contributed by atoms with Crippen LogP contribution in [0.1, 0.15) is 25.7 Å². The summed E-state index contributed by atoms with van der Waals surface area (Å²) in [6.45, 7) is 2.26. The average molecular weight is 184 g/mol. The highest BCUT2D eigenvalue weighted by Gasteiger charge is 2.45. The molecule has 0 bridgehead atoms. The van der Waals surface area contributed by atoms with Crippen LogP contribution in [0, 0.1) is 5.41 Å². The summed E-state index contributed by atoms with van der Waals surface area (Å²) in [5.41, 5.74) is 6.60. The van der Waals surface area contributed by atoms with Crippen molar-refractivity contribution in [2.24, 2.45) is 11.1 Å². The first-order valence-electron chi connectivity index (χ1n) is 5.26. The molecule has 2 rings (SSSR count). The molecule has 2 atom stereocenters. The van der Waals surface area contributed by atoms with Gasteiger partial charge in [-0.2, -0.15) is 0 Å². The smallest absolute Gasteiger partial charge is 0.0592 e. The van der Waals surface area contributed by atoms with Gasteiger partial charge in [-0.05, 0) is 44.2 Å². The van der Waals surface area contributed by atoms with Gasteiger partial charge < -0.3 is 15.8 Å². The van der Waals surface area contributed by atoms with Crippen LogP contribution in [0.2, 0.25) is 0 Å². The molecular formula is C10H20N2O. The van der Waals surface area contributed by atoms with Crippen molar-refractivity contribution in [3.8, 4) is 0 Å². The second-order valence-corrected chi connectivity index (χ2v) is 4.52. The van der Waals surface area contributed by atoms with Gasteiger partial charge in [-0.15, -0.1) is 0 Å². The summed E-state index contributed by atoms with van der Waals surface area (Å²) in [6.07, 6.45) is 5.10. The Hall–Kier alpha value is -0.120. The fraction of sp³-hybridized carbons (Fsp3) is 1.00. The summed E-state index contributed by atoms with van der Waals surface area (Å²) in [5.74, 6) is 0. The lowest BCUT2D eigenvalue weighted by atomic mass is 9.75. The van der Waals surface area contributed by atoms with Crippen molar-refractivity contribution in [2.75, 3.05) is 20.2 Å². The normalized spacial score (nSPS) is 38.3. The van der Waals surface area contributed by atoms with Gasteiger partial charge in [0.15, 0.2) is 0 Å². The molecule has 1 saturated heterocycles. The molecule has 0 amide bonds. The number of ether oxygens (including phenoxy) is 1. The zero-order chi connectivity index (χ0) is 9.31. The molecule has 2 fully saturated rings. The van der Waals surface area contributed by atoms with E-state index in [9.17, 15) is 0 Å². The molecule has 1 aliphatic heterocycles. The third kappa shape index (κ3) is 1.60. The van der Waals surface area contributed by atoms with Gasteiger partial charge in [0.05, 0.1) is 6.10 Å². The molecule has 76 valence electrons. The van der Waals surface area contributed by atoms with Crippen molar-refractivity contribution >= 4 is 0 Å². The molecule has 1 heterocycles. The van der Waals surface area contributed by atoms with Gasteiger partial charge in [0.25, 0.3) is 0 Å². The van der Waals surface area contributed by atoms with Crippen LogP contribution < -0.4 is 11.1 Å². The van der Waals surface area contributed by atoms with Crippen molar-refractivity contribution in [3.63, 3.8) is 0 Å². The van der Waals surface area contributed by atoms with Gasteiger partial charge in [0.2, 0.25) is 0 Å². The lowest BCUT2D eigenvalue weighted by molar-refractivity contribution is 0.0872. The van der Waals surface area contributed by atoms with Crippen LogP contribution in [0.25, 0.3) is 0 Å². The van der Waals surface area contributed by atoms with Crippen LogP contribution >= 0.6 is 0 Å². The Morgan fingerprint density at radius 1 is 1.38 bits per heavy atom. The van der Waals surface area contributed by atoms with Crippen molar-refractivity contribution in [3.05, 3.63) is 0 Å². The van der Waals surface area contributed by atoms with Gasteiger partial charge in [-0.3, -0.25) is 0 Å². The van der Waals surface area contributed by atoms with E-state index < -0.39 is 0 Å². The predicted molar refractivity (Wildman–Crippen MR) is 52.5 cm³/mol. The number of nitrogens with two attached hydrogens (primary N) is 1. The molecule has 3 N–H and O–H groups in total. The Morgan fingerprint density at radius 2 is 2.08 bits per heavy atom. The van der Waals surface area contributed by atoms with Gasteiger partial charge in [0, 0.05) is 13.2 Å². The van der Waals surface area contributed by atoms with E-state index in [-0.39, 0.29) is 0 Å². The second-order valence-electron chi connectivity index (χ2n) is 4.52. The van der Waals surface area contributed by atoms with E-state index >= 15 is 0 Å². The fourth-order valence-electron chi connectivity index (χ4n) is 2.90. The number of methoxy groups -OCH3 is 1. The first-order chi connectivity index (χ1) is 6.27. The SMILES string of the molecule is CO[C@H]1C[C@@H](N)C2(CCNCC2)C1. The van der Waals surface area contributed by atoms with Crippen molar-refractivity contribution in [2.45, 2.75) is 37.8 Å². The standard InChI is InChI=1S/C10H20N2O/c1-13-8-6-9(11)10(7-8)2-4-12-5-3-10/h8-9,12H,2-7,11H2,1H3/t8-,9+/m0/s1. The molecular weight excluding hydrogens is 164 g/mol. The van der Waals surface area contributed by atoms with E-state index in [0.717, 1.165) is 19.5 Å². The molecule has 0 radical (unpaired) electrons. The van der Waals surface area contributed by atoms with Gasteiger partial charge in [-0.1, -0.05) is 0 Å². The Bertz CT molecular complexity index is 178. The van der Waals surface area contributed by atoms with E-state index in [2.05, 4.69) is 5.32 Å². The lowest BCUT2D eigenvalue weighted by Crippen LogP contribution is -2.45. The minimum absolute atomic E-state index is 0.361. The van der Waals surface area contributed by atoms with Gasteiger partial charge in [0.1, 0.15) is 0 Å². The average Bonchev–Trinajstić information content (AvgIpc) is 2.45. The topological polar surface area (TPSA) is 47.3 Å². The van der Waals surface area contributed by atoms with E-state index in [4.69, 9.17) is 10.5 Å². The molecule has 1 spiro atoms. The molecule has 3 nitrogen and oxygen atoms in total. The molecule has 1 saturated carbocycles. The maximum Gasteiger partial charge on any atom is 0.0592 e. The summed E-state index contributed by atoms with van der Waals surface area (Å²) < 4.78 is 5.41. The molecule has 0 aromatic rings. The fourth-order valence-corrected chi connectivity index (χ4v) is 2.90. The van der Waals surface area contributed by atoms with Crippen molar-refractivity contribution < 1.29 is 4.74 Å². The van der Waals surface area contributed by atoms with Gasteiger partial charge >= 0.3 is 0 Å². The highest BCUT2D eigenvalue weighted by atomic mass is 16.5. The maximum atomic E-state index is 6.20. The molecule has 0 unspecified atom stereocenters. The zero-order valence-corrected chi connectivity index (χ0v) is 8.38. The first kappa shape index (κ1) is 9.44. The van der Waals surface area contributed by atoms with Gasteiger partial charge in [-0.25, -0.2) is 0 Å². The second kappa shape index (κ2) is 3.56. The Morgan fingerprint density at radius 3 is 2.62 bits per heavy atom. The summed E-state index contributed by atoms with van der Waals surface area (Å²) in [7, 11) is 1.80. The first-order valence-corrected chi connectivity index (χ1v) is 5.26. The van der Waals surface area contributed by atoms with Crippen LogP contribution in [0.3, 0.4) is 0 Å². The Balaban J connectivity index is 2.04. The van der Waals surface area contributed by atoms with Crippen LogP contribution in [-0.4, -0.2) is 32.3 Å². The largest absolute Gasteiger partial charge is 0.381 e. The number of hydrogen-bond donors (Lipinski definition) is 2. The quantitative estimate of drug-likeness (QED) is 0.623. The predicted octanol–water partition coefficient (Wildman–Crippen LogP) is 0.492. The number of nitrogens with one attached hydrogen (secondary N) is 1. The molecule has 2 aliphatic rings. The van der Waals surface area contributed by atoms with Crippen molar-refractivity contribution in [1.29, 1.82) is 0 Å². The molecule has 3 heteroatoms. The maximum absolute atomic E-state index is 6.20. The van der Waals surface area contributed by atoms with Crippen LogP contribution in [-0.2, 0) is 4.74 Å². The minimum Gasteiger partial charge on any atom is -0.381 e.